The fourth-order valence-corrected chi connectivity index (χ4v) is 3.65. The lowest BCUT2D eigenvalue weighted by molar-refractivity contribution is 0.173. The zero-order valence-corrected chi connectivity index (χ0v) is 16.5. The summed E-state index contributed by atoms with van der Waals surface area (Å²) in [6, 6.07) is 13.5. The molecule has 30 heavy (non-hydrogen) atoms. The standard InChI is InChI=1S/C21H16N4O4.ClH/c22-14-7-15-21(23-8-14)25(9-12-1-3-16-18(5-12)28-10-26-16)20(24-15)13-2-4-17-19(6-13)29-11-27-17;/h1-8H,9-11,22H2;1H. The zero-order chi connectivity index (χ0) is 19.4. The number of pyridine rings is 1. The molecule has 4 heterocycles. The highest BCUT2D eigenvalue weighted by Gasteiger charge is 2.20. The molecule has 2 aromatic heterocycles. The molecule has 2 N–H and O–H groups in total. The second-order valence-electron chi connectivity index (χ2n) is 6.89. The van der Waals surface area contributed by atoms with Gasteiger partial charge in [0.2, 0.25) is 13.6 Å². The number of nitrogen functional groups attached to an aromatic ring is 1. The lowest BCUT2D eigenvalue weighted by Crippen LogP contribution is -2.03. The van der Waals surface area contributed by atoms with E-state index >= 15 is 0 Å². The number of rotatable bonds is 3. The van der Waals surface area contributed by atoms with Crippen molar-refractivity contribution in [1.82, 2.24) is 14.5 Å². The first kappa shape index (κ1) is 18.4. The SMILES string of the molecule is Cl.Nc1cnc2c(c1)nc(-c1ccc3c(c1)OCO3)n2Cc1ccc2c(c1)OCO2. The Kier molecular flexibility index (Phi) is 4.29. The van der Waals surface area contributed by atoms with Gasteiger partial charge in [0.15, 0.2) is 28.6 Å². The lowest BCUT2D eigenvalue weighted by Gasteiger charge is -2.10. The van der Waals surface area contributed by atoms with E-state index in [9.17, 15) is 0 Å². The van der Waals surface area contributed by atoms with Gasteiger partial charge in [0.1, 0.15) is 11.3 Å². The Hall–Kier alpha value is -3.65. The fourth-order valence-electron chi connectivity index (χ4n) is 3.65. The van der Waals surface area contributed by atoms with Gasteiger partial charge in [-0.2, -0.15) is 0 Å². The molecule has 0 saturated heterocycles. The summed E-state index contributed by atoms with van der Waals surface area (Å²) in [5, 5.41) is 0. The second-order valence-corrected chi connectivity index (χ2v) is 6.89. The number of halogens is 1. The van der Waals surface area contributed by atoms with Gasteiger partial charge in [-0.25, -0.2) is 9.97 Å². The topological polar surface area (TPSA) is 93.7 Å². The maximum absolute atomic E-state index is 5.93. The molecule has 152 valence electrons. The van der Waals surface area contributed by atoms with Crippen molar-refractivity contribution in [3.05, 3.63) is 54.2 Å². The predicted octanol–water partition coefficient (Wildman–Crippen LogP) is 3.61. The van der Waals surface area contributed by atoms with Gasteiger partial charge in [-0.05, 0) is 42.0 Å². The molecule has 0 fully saturated rings. The first-order chi connectivity index (χ1) is 14.2. The zero-order valence-electron chi connectivity index (χ0n) is 15.7. The van der Waals surface area contributed by atoms with Crippen LogP contribution in [0.25, 0.3) is 22.6 Å². The maximum Gasteiger partial charge on any atom is 0.231 e. The van der Waals surface area contributed by atoms with Gasteiger partial charge in [0, 0.05) is 5.56 Å². The number of nitrogens with zero attached hydrogens (tertiary/aromatic N) is 3. The minimum atomic E-state index is 0. The van der Waals surface area contributed by atoms with Gasteiger partial charge in [0.25, 0.3) is 0 Å². The van der Waals surface area contributed by atoms with Crippen molar-refractivity contribution in [3.63, 3.8) is 0 Å². The summed E-state index contributed by atoms with van der Waals surface area (Å²) >= 11 is 0. The van der Waals surface area contributed by atoms with Crippen LogP contribution in [0.5, 0.6) is 23.0 Å². The van der Waals surface area contributed by atoms with E-state index in [0.717, 1.165) is 45.4 Å². The number of hydrogen-bond acceptors (Lipinski definition) is 7. The average Bonchev–Trinajstić information content (AvgIpc) is 3.45. The van der Waals surface area contributed by atoms with Gasteiger partial charge in [-0.3, -0.25) is 0 Å². The minimum Gasteiger partial charge on any atom is -0.454 e. The first-order valence-electron chi connectivity index (χ1n) is 9.15. The third kappa shape index (κ3) is 2.93. The van der Waals surface area contributed by atoms with E-state index in [0.29, 0.717) is 18.0 Å². The van der Waals surface area contributed by atoms with E-state index in [-0.39, 0.29) is 26.0 Å². The second kappa shape index (κ2) is 7.00. The number of anilines is 1. The van der Waals surface area contributed by atoms with Crippen LogP contribution in [0.2, 0.25) is 0 Å². The van der Waals surface area contributed by atoms with E-state index in [2.05, 4.69) is 9.55 Å². The number of aromatic nitrogens is 3. The third-order valence-corrected chi connectivity index (χ3v) is 5.01. The molecule has 0 atom stereocenters. The Balaban J connectivity index is 0.00000193. The molecule has 0 bridgehead atoms. The molecule has 0 aliphatic carbocycles. The number of fused-ring (bicyclic) bond motifs is 3. The molecule has 0 saturated carbocycles. The van der Waals surface area contributed by atoms with Crippen LogP contribution in [0.1, 0.15) is 5.56 Å². The summed E-state index contributed by atoms with van der Waals surface area (Å²) in [7, 11) is 0. The Morgan fingerprint density at radius 1 is 0.867 bits per heavy atom. The molecule has 2 aliphatic rings. The number of imidazole rings is 1. The Labute approximate surface area is 177 Å². The van der Waals surface area contributed by atoms with E-state index in [1.165, 1.54) is 0 Å². The van der Waals surface area contributed by atoms with Crippen LogP contribution in [0.15, 0.2) is 48.7 Å². The van der Waals surface area contributed by atoms with Gasteiger partial charge in [-0.15, -0.1) is 12.4 Å². The van der Waals surface area contributed by atoms with Crippen molar-refractivity contribution in [1.29, 1.82) is 0 Å². The van der Waals surface area contributed by atoms with Crippen molar-refractivity contribution in [3.8, 4) is 34.4 Å². The minimum absolute atomic E-state index is 0. The van der Waals surface area contributed by atoms with Gasteiger partial charge in [-0.1, -0.05) is 6.07 Å². The summed E-state index contributed by atoms with van der Waals surface area (Å²) in [6.45, 7) is 1.04. The van der Waals surface area contributed by atoms with Crippen molar-refractivity contribution in [2.24, 2.45) is 0 Å². The van der Waals surface area contributed by atoms with Crippen LogP contribution >= 0.6 is 12.4 Å². The lowest BCUT2D eigenvalue weighted by atomic mass is 10.1. The molecule has 8 nitrogen and oxygen atoms in total. The Morgan fingerprint density at radius 3 is 2.37 bits per heavy atom. The normalized spacial score (nSPS) is 13.5. The van der Waals surface area contributed by atoms with Gasteiger partial charge in [0.05, 0.1) is 18.4 Å². The van der Waals surface area contributed by atoms with Crippen molar-refractivity contribution in [2.75, 3.05) is 19.3 Å². The summed E-state index contributed by atoms with van der Waals surface area (Å²) in [6.07, 6.45) is 1.64. The molecule has 9 heteroatoms. The molecule has 6 rings (SSSR count). The van der Waals surface area contributed by atoms with Crippen LogP contribution in [-0.4, -0.2) is 28.1 Å². The van der Waals surface area contributed by atoms with Crippen molar-refractivity contribution >= 4 is 29.3 Å². The summed E-state index contributed by atoms with van der Waals surface area (Å²) in [4.78, 5) is 9.34. The highest BCUT2D eigenvalue weighted by atomic mass is 35.5. The van der Waals surface area contributed by atoms with Crippen LogP contribution < -0.4 is 24.7 Å². The van der Waals surface area contributed by atoms with E-state index in [1.807, 2.05) is 42.5 Å². The number of benzene rings is 2. The maximum atomic E-state index is 5.93. The van der Waals surface area contributed by atoms with Crippen LogP contribution in [0.4, 0.5) is 5.69 Å². The number of nitrogens with two attached hydrogens (primary N) is 1. The summed E-state index contributed by atoms with van der Waals surface area (Å²) < 4.78 is 24.0. The molecule has 0 spiro atoms. The Morgan fingerprint density at radius 2 is 1.57 bits per heavy atom. The largest absolute Gasteiger partial charge is 0.454 e. The predicted molar refractivity (Wildman–Crippen MR) is 112 cm³/mol. The van der Waals surface area contributed by atoms with E-state index in [1.54, 1.807) is 6.20 Å². The average molecular weight is 425 g/mol. The molecule has 2 aliphatic heterocycles. The molecular weight excluding hydrogens is 408 g/mol. The van der Waals surface area contributed by atoms with Crippen LogP contribution in [0.3, 0.4) is 0 Å². The van der Waals surface area contributed by atoms with Crippen LogP contribution in [-0.2, 0) is 6.54 Å². The summed E-state index contributed by atoms with van der Waals surface area (Å²) in [5.74, 6) is 3.71. The molecule has 2 aromatic carbocycles. The molecular formula is C21H17ClN4O4. The highest BCUT2D eigenvalue weighted by molar-refractivity contribution is 5.85. The molecule has 0 unspecified atom stereocenters. The number of ether oxygens (including phenoxy) is 4. The summed E-state index contributed by atoms with van der Waals surface area (Å²) in [5.41, 5.74) is 9.95. The monoisotopic (exact) mass is 424 g/mol. The van der Waals surface area contributed by atoms with E-state index < -0.39 is 0 Å². The van der Waals surface area contributed by atoms with Crippen LogP contribution in [0, 0.1) is 0 Å². The molecule has 0 amide bonds. The Bertz CT molecular complexity index is 1270. The van der Waals surface area contributed by atoms with Gasteiger partial charge >= 0.3 is 0 Å². The fraction of sp³-hybridized carbons (Fsp3) is 0.143. The quantitative estimate of drug-likeness (QED) is 0.537. The van der Waals surface area contributed by atoms with E-state index in [4.69, 9.17) is 29.7 Å². The van der Waals surface area contributed by atoms with Gasteiger partial charge < -0.3 is 29.2 Å². The third-order valence-electron chi connectivity index (χ3n) is 5.01. The van der Waals surface area contributed by atoms with Crippen molar-refractivity contribution < 1.29 is 18.9 Å². The smallest absolute Gasteiger partial charge is 0.231 e. The molecule has 4 aromatic rings. The highest BCUT2D eigenvalue weighted by Crippen LogP contribution is 2.37. The number of hydrogen-bond donors (Lipinski definition) is 1. The van der Waals surface area contributed by atoms with Crippen molar-refractivity contribution in [2.45, 2.75) is 6.54 Å². The first-order valence-corrected chi connectivity index (χ1v) is 9.15. The molecule has 0 radical (unpaired) electrons.